The van der Waals surface area contributed by atoms with Crippen molar-refractivity contribution in [3.8, 4) is 5.69 Å². The van der Waals surface area contributed by atoms with Crippen LogP contribution in [0.5, 0.6) is 0 Å². The fourth-order valence-electron chi connectivity index (χ4n) is 2.67. The normalized spacial score (nSPS) is 14.5. The molecule has 2 aromatic rings. The lowest BCUT2D eigenvalue weighted by Gasteiger charge is -2.27. The highest BCUT2D eigenvalue weighted by atomic mass is 35.5. The van der Waals surface area contributed by atoms with Gasteiger partial charge in [0.1, 0.15) is 12.2 Å². The van der Waals surface area contributed by atoms with Crippen molar-refractivity contribution in [1.82, 2.24) is 9.78 Å². The number of aromatic nitrogens is 2. The zero-order valence-electron chi connectivity index (χ0n) is 13.0. The summed E-state index contributed by atoms with van der Waals surface area (Å²) in [6.45, 7) is 0.626. The Morgan fingerprint density at radius 2 is 2.04 bits per heavy atom. The largest absolute Gasteiger partial charge is 0.460 e. The Hall–Kier alpha value is -1.85. The quantitative estimate of drug-likeness (QED) is 0.598. The van der Waals surface area contributed by atoms with Gasteiger partial charge in [-0.05, 0) is 37.1 Å². The van der Waals surface area contributed by atoms with Gasteiger partial charge in [0, 0.05) is 18.1 Å². The molecule has 0 atom stereocenters. The molecule has 0 radical (unpaired) electrons. The first-order valence-electron chi connectivity index (χ1n) is 7.70. The second-order valence-corrected chi connectivity index (χ2v) is 6.02. The van der Waals surface area contributed by atoms with E-state index in [1.807, 2.05) is 28.9 Å². The number of rotatable bonds is 6. The number of methoxy groups -OCH3 is 1. The summed E-state index contributed by atoms with van der Waals surface area (Å²) in [6, 6.07) is 7.44. The molecule has 1 fully saturated rings. The number of hydrogen-bond acceptors (Lipinski definition) is 4. The van der Waals surface area contributed by atoms with Gasteiger partial charge in [-0.25, -0.2) is 9.48 Å². The van der Waals surface area contributed by atoms with Crippen molar-refractivity contribution in [3.63, 3.8) is 0 Å². The van der Waals surface area contributed by atoms with Crippen LogP contribution in [0.25, 0.3) is 5.69 Å². The molecule has 23 heavy (non-hydrogen) atoms. The van der Waals surface area contributed by atoms with Crippen LogP contribution in [0.4, 0.5) is 0 Å². The molecule has 0 saturated heterocycles. The van der Waals surface area contributed by atoms with Gasteiger partial charge in [0.25, 0.3) is 0 Å². The third-order valence-electron chi connectivity index (χ3n) is 4.11. The molecule has 1 heterocycles. The number of carbonyl (C=O) groups excluding carboxylic acids is 1. The Labute approximate surface area is 140 Å². The van der Waals surface area contributed by atoms with Gasteiger partial charge in [0.05, 0.1) is 24.2 Å². The molecule has 0 spiro atoms. The molecule has 0 N–H and O–H groups in total. The first-order valence-corrected chi connectivity index (χ1v) is 8.08. The van der Waals surface area contributed by atoms with Crippen LogP contribution in [0, 0.1) is 0 Å². The van der Waals surface area contributed by atoms with Crippen molar-refractivity contribution < 1.29 is 14.3 Å². The summed E-state index contributed by atoms with van der Waals surface area (Å²) in [6.07, 6.45) is 4.90. The lowest BCUT2D eigenvalue weighted by molar-refractivity contribution is 0.0385. The molecule has 5 nitrogen and oxygen atoms in total. The van der Waals surface area contributed by atoms with Crippen molar-refractivity contribution >= 4 is 17.6 Å². The summed E-state index contributed by atoms with van der Waals surface area (Å²) in [5, 5.41) is 5.08. The average Bonchev–Trinajstić information content (AvgIpc) is 2.91. The Bertz CT molecular complexity index is 678. The third kappa shape index (κ3) is 3.41. The number of hydrogen-bond donors (Lipinski definition) is 0. The molecule has 0 amide bonds. The molecule has 122 valence electrons. The number of esters is 1. The summed E-state index contributed by atoms with van der Waals surface area (Å²) in [7, 11) is 1.58. The van der Waals surface area contributed by atoms with Gasteiger partial charge in [-0.15, -0.1) is 0 Å². The predicted molar refractivity (Wildman–Crippen MR) is 87.3 cm³/mol. The molecule has 3 rings (SSSR count). The Morgan fingerprint density at radius 3 is 2.65 bits per heavy atom. The lowest BCUT2D eigenvalue weighted by Crippen LogP contribution is -2.19. The number of carbonyl (C=O) groups is 1. The highest BCUT2D eigenvalue weighted by molar-refractivity contribution is 6.30. The van der Waals surface area contributed by atoms with Crippen LogP contribution in [-0.4, -0.2) is 36.1 Å². The monoisotopic (exact) mass is 334 g/mol. The van der Waals surface area contributed by atoms with Crippen LogP contribution in [0.1, 0.15) is 41.2 Å². The minimum Gasteiger partial charge on any atom is -0.460 e. The van der Waals surface area contributed by atoms with Gasteiger partial charge in [-0.2, -0.15) is 5.10 Å². The van der Waals surface area contributed by atoms with E-state index in [0.29, 0.717) is 23.1 Å². The van der Waals surface area contributed by atoms with Crippen molar-refractivity contribution in [2.24, 2.45) is 0 Å². The van der Waals surface area contributed by atoms with E-state index in [1.165, 1.54) is 6.42 Å². The summed E-state index contributed by atoms with van der Waals surface area (Å²) in [4.78, 5) is 12.3. The van der Waals surface area contributed by atoms with Crippen LogP contribution in [0.3, 0.4) is 0 Å². The number of ether oxygens (including phenoxy) is 2. The molecule has 1 saturated carbocycles. The molecule has 1 aliphatic carbocycles. The molecule has 0 bridgehead atoms. The van der Waals surface area contributed by atoms with Gasteiger partial charge in [-0.1, -0.05) is 18.0 Å². The molecular weight excluding hydrogens is 316 g/mol. The molecule has 0 aliphatic heterocycles. The fraction of sp³-hybridized carbons (Fsp3) is 0.412. The highest BCUT2D eigenvalue weighted by Crippen LogP contribution is 2.39. The van der Waals surface area contributed by atoms with E-state index < -0.39 is 0 Å². The van der Waals surface area contributed by atoms with E-state index in [0.717, 1.165) is 24.2 Å². The maximum absolute atomic E-state index is 12.3. The van der Waals surface area contributed by atoms with E-state index in [4.69, 9.17) is 21.1 Å². The van der Waals surface area contributed by atoms with E-state index >= 15 is 0 Å². The first kappa shape index (κ1) is 16.0. The second-order valence-electron chi connectivity index (χ2n) is 5.59. The van der Waals surface area contributed by atoms with Crippen LogP contribution in [-0.2, 0) is 9.47 Å². The van der Waals surface area contributed by atoms with Crippen LogP contribution in [0.15, 0.2) is 30.5 Å². The smallest absolute Gasteiger partial charge is 0.341 e. The molecule has 1 aliphatic rings. The van der Waals surface area contributed by atoms with Gasteiger partial charge in [-0.3, -0.25) is 0 Å². The highest BCUT2D eigenvalue weighted by Gasteiger charge is 2.30. The number of benzene rings is 1. The topological polar surface area (TPSA) is 53.4 Å². The maximum atomic E-state index is 12.3. The fourth-order valence-corrected chi connectivity index (χ4v) is 2.80. The zero-order valence-corrected chi connectivity index (χ0v) is 13.8. The molecule has 0 unspecified atom stereocenters. The van der Waals surface area contributed by atoms with E-state index in [2.05, 4.69) is 5.10 Å². The van der Waals surface area contributed by atoms with Gasteiger partial charge >= 0.3 is 5.97 Å². The van der Waals surface area contributed by atoms with Crippen molar-refractivity contribution in [2.45, 2.75) is 25.2 Å². The van der Waals surface area contributed by atoms with Crippen LogP contribution < -0.4 is 0 Å². The SMILES string of the molecule is COCCOC(=O)c1cnn(-c2ccc(Cl)cc2)c1C1CCC1. The van der Waals surface area contributed by atoms with E-state index in [-0.39, 0.29) is 12.6 Å². The molecular formula is C17H19ClN2O3. The Morgan fingerprint density at radius 1 is 1.30 bits per heavy atom. The van der Waals surface area contributed by atoms with Crippen LogP contribution >= 0.6 is 11.6 Å². The standard InChI is InChI=1S/C17H19ClN2O3/c1-22-9-10-23-17(21)15-11-19-20(16(15)12-3-2-4-12)14-7-5-13(18)6-8-14/h5-8,11-12H,2-4,9-10H2,1H3. The molecule has 6 heteroatoms. The average molecular weight is 335 g/mol. The first-order chi connectivity index (χ1) is 11.2. The summed E-state index contributed by atoms with van der Waals surface area (Å²) in [5.74, 6) is 0.00215. The lowest BCUT2D eigenvalue weighted by atomic mass is 9.81. The summed E-state index contributed by atoms with van der Waals surface area (Å²) in [5.41, 5.74) is 2.37. The van der Waals surface area contributed by atoms with Crippen molar-refractivity contribution in [2.75, 3.05) is 20.3 Å². The van der Waals surface area contributed by atoms with Gasteiger partial charge in [0.2, 0.25) is 0 Å². The number of halogens is 1. The van der Waals surface area contributed by atoms with Gasteiger partial charge in [0.15, 0.2) is 0 Å². The summed E-state index contributed by atoms with van der Waals surface area (Å²) < 4.78 is 12.0. The second kappa shape index (κ2) is 7.15. The Kier molecular flexibility index (Phi) is 4.98. The predicted octanol–water partition coefficient (Wildman–Crippen LogP) is 3.60. The van der Waals surface area contributed by atoms with E-state index in [1.54, 1.807) is 13.3 Å². The Balaban J connectivity index is 1.91. The van der Waals surface area contributed by atoms with Crippen molar-refractivity contribution in [3.05, 3.63) is 46.7 Å². The van der Waals surface area contributed by atoms with Crippen LogP contribution in [0.2, 0.25) is 5.02 Å². The summed E-state index contributed by atoms with van der Waals surface area (Å²) >= 11 is 5.95. The molecule has 1 aromatic carbocycles. The zero-order chi connectivity index (χ0) is 16.2. The minimum absolute atomic E-state index is 0.242. The minimum atomic E-state index is -0.343. The van der Waals surface area contributed by atoms with Crippen molar-refractivity contribution in [1.29, 1.82) is 0 Å². The maximum Gasteiger partial charge on any atom is 0.341 e. The number of nitrogens with zero attached hydrogens (tertiary/aromatic N) is 2. The molecule has 1 aromatic heterocycles. The van der Waals surface area contributed by atoms with E-state index in [9.17, 15) is 4.79 Å². The third-order valence-corrected chi connectivity index (χ3v) is 4.36. The van der Waals surface area contributed by atoms with Gasteiger partial charge < -0.3 is 9.47 Å².